The summed E-state index contributed by atoms with van der Waals surface area (Å²) in [4.78, 5) is 4.43. The van der Waals surface area contributed by atoms with Crippen LogP contribution in [0.15, 0.2) is 54.7 Å². The lowest BCUT2D eigenvalue weighted by Crippen LogP contribution is -2.15. The zero-order valence-electron chi connectivity index (χ0n) is 13.8. The normalized spacial score (nSPS) is 11.7. The van der Waals surface area contributed by atoms with Crippen LogP contribution < -0.4 is 4.74 Å². The molecule has 0 radical (unpaired) electrons. The van der Waals surface area contributed by atoms with Crippen molar-refractivity contribution in [2.75, 3.05) is 6.61 Å². The number of pyridine rings is 1. The second-order valence-corrected chi connectivity index (χ2v) is 6.80. The van der Waals surface area contributed by atoms with Gasteiger partial charge in [0.1, 0.15) is 5.75 Å². The summed E-state index contributed by atoms with van der Waals surface area (Å²) >= 11 is 5.98. The molecule has 4 heteroatoms. The first-order valence-corrected chi connectivity index (χ1v) is 8.29. The Hall–Kier alpha value is -2.10. The fourth-order valence-electron chi connectivity index (χ4n) is 2.50. The number of hydrogen-bond acceptors (Lipinski definition) is 3. The lowest BCUT2D eigenvalue weighted by Gasteiger charge is -2.17. The van der Waals surface area contributed by atoms with Gasteiger partial charge in [-0.1, -0.05) is 23.7 Å². The first-order chi connectivity index (χ1) is 11.4. The van der Waals surface area contributed by atoms with Gasteiger partial charge in [-0.3, -0.25) is 4.98 Å². The predicted molar refractivity (Wildman–Crippen MR) is 97.6 cm³/mol. The Morgan fingerprint density at radius 2 is 1.96 bits per heavy atom. The molecule has 0 aliphatic rings. The van der Waals surface area contributed by atoms with Crippen LogP contribution in [0.25, 0.3) is 10.9 Å². The highest BCUT2D eigenvalue weighted by molar-refractivity contribution is 6.30. The van der Waals surface area contributed by atoms with E-state index in [0.717, 1.165) is 39.2 Å². The molecule has 0 atom stereocenters. The highest BCUT2D eigenvalue weighted by Crippen LogP contribution is 2.25. The van der Waals surface area contributed by atoms with Crippen LogP contribution in [0.5, 0.6) is 5.75 Å². The zero-order chi connectivity index (χ0) is 17.2. The number of nitrogens with zero attached hydrogens (tertiary/aromatic N) is 1. The third-order valence-corrected chi connectivity index (χ3v) is 4.15. The minimum absolute atomic E-state index is 0.577. The van der Waals surface area contributed by atoms with E-state index in [1.807, 2.05) is 48.5 Å². The van der Waals surface area contributed by atoms with Crippen LogP contribution >= 0.6 is 11.6 Å². The Morgan fingerprint density at radius 3 is 2.71 bits per heavy atom. The van der Waals surface area contributed by atoms with Gasteiger partial charge in [0, 0.05) is 34.7 Å². The maximum atomic E-state index is 10.1. The summed E-state index contributed by atoms with van der Waals surface area (Å²) in [6, 6.07) is 15.6. The predicted octanol–water partition coefficient (Wildman–Crippen LogP) is 4.74. The molecule has 0 saturated heterocycles. The molecule has 0 amide bonds. The summed E-state index contributed by atoms with van der Waals surface area (Å²) < 4.78 is 5.82. The first-order valence-electron chi connectivity index (χ1n) is 7.92. The summed E-state index contributed by atoms with van der Waals surface area (Å²) in [6.45, 7) is 4.08. The van der Waals surface area contributed by atoms with Gasteiger partial charge in [-0.05, 0) is 49.7 Å². The summed E-state index contributed by atoms with van der Waals surface area (Å²) in [5.41, 5.74) is 1.90. The van der Waals surface area contributed by atoms with Gasteiger partial charge in [-0.15, -0.1) is 0 Å². The molecule has 3 nitrogen and oxygen atoms in total. The van der Waals surface area contributed by atoms with E-state index in [1.54, 1.807) is 20.0 Å². The van der Waals surface area contributed by atoms with E-state index in [0.29, 0.717) is 6.61 Å². The van der Waals surface area contributed by atoms with E-state index in [2.05, 4.69) is 4.98 Å². The van der Waals surface area contributed by atoms with Crippen molar-refractivity contribution in [2.45, 2.75) is 25.9 Å². The SMILES string of the molecule is CC(C)(O)c1cnc2cc(OCCc3cccc(Cl)c3)ccc2c1. The number of aliphatic hydroxyl groups is 1. The lowest BCUT2D eigenvalue weighted by atomic mass is 9.99. The number of fused-ring (bicyclic) bond motifs is 1. The van der Waals surface area contributed by atoms with E-state index in [-0.39, 0.29) is 0 Å². The maximum absolute atomic E-state index is 10.1. The average Bonchev–Trinajstić information content (AvgIpc) is 2.53. The molecule has 1 heterocycles. The van der Waals surface area contributed by atoms with Gasteiger partial charge in [0.15, 0.2) is 0 Å². The van der Waals surface area contributed by atoms with Crippen LogP contribution in [-0.2, 0) is 12.0 Å². The smallest absolute Gasteiger partial charge is 0.121 e. The van der Waals surface area contributed by atoms with E-state index in [1.165, 1.54) is 0 Å². The zero-order valence-corrected chi connectivity index (χ0v) is 14.5. The second kappa shape index (κ2) is 6.80. The minimum atomic E-state index is -0.896. The molecular weight excluding hydrogens is 322 g/mol. The monoisotopic (exact) mass is 341 g/mol. The van der Waals surface area contributed by atoms with Crippen LogP contribution in [0, 0.1) is 0 Å². The van der Waals surface area contributed by atoms with E-state index in [9.17, 15) is 5.11 Å². The number of aromatic nitrogens is 1. The van der Waals surface area contributed by atoms with Crippen LogP contribution in [0.4, 0.5) is 0 Å². The highest BCUT2D eigenvalue weighted by atomic mass is 35.5. The standard InChI is InChI=1S/C20H20ClNO2/c1-20(2,23)16-11-15-6-7-18(12-19(15)22-13-16)24-9-8-14-4-3-5-17(21)10-14/h3-7,10-13,23H,8-9H2,1-2H3. The quantitative estimate of drug-likeness (QED) is 0.729. The van der Waals surface area contributed by atoms with Gasteiger partial charge < -0.3 is 9.84 Å². The largest absolute Gasteiger partial charge is 0.493 e. The molecule has 2 aromatic carbocycles. The number of ether oxygens (including phenoxy) is 1. The fraction of sp³-hybridized carbons (Fsp3) is 0.250. The Labute approximate surface area is 146 Å². The summed E-state index contributed by atoms with van der Waals surface area (Å²) in [5, 5.41) is 11.8. The Morgan fingerprint density at radius 1 is 1.12 bits per heavy atom. The fourth-order valence-corrected chi connectivity index (χ4v) is 2.72. The van der Waals surface area contributed by atoms with Crippen LogP contribution in [0.2, 0.25) is 5.02 Å². The molecule has 0 aliphatic carbocycles. The average molecular weight is 342 g/mol. The minimum Gasteiger partial charge on any atom is -0.493 e. The Balaban J connectivity index is 1.69. The maximum Gasteiger partial charge on any atom is 0.121 e. The molecule has 0 spiro atoms. The molecule has 1 aromatic heterocycles. The second-order valence-electron chi connectivity index (χ2n) is 6.37. The van der Waals surface area contributed by atoms with Crippen molar-refractivity contribution in [3.05, 3.63) is 70.9 Å². The molecule has 124 valence electrons. The van der Waals surface area contributed by atoms with Crippen molar-refractivity contribution in [1.82, 2.24) is 4.98 Å². The summed E-state index contributed by atoms with van der Waals surface area (Å²) in [5.74, 6) is 0.785. The molecule has 0 fully saturated rings. The van der Waals surface area contributed by atoms with E-state index < -0.39 is 5.60 Å². The molecule has 0 saturated carbocycles. The third-order valence-electron chi connectivity index (χ3n) is 3.91. The molecule has 1 N–H and O–H groups in total. The topological polar surface area (TPSA) is 42.4 Å². The number of benzene rings is 2. The van der Waals surface area contributed by atoms with Crippen molar-refractivity contribution >= 4 is 22.5 Å². The van der Waals surface area contributed by atoms with Crippen molar-refractivity contribution in [1.29, 1.82) is 0 Å². The van der Waals surface area contributed by atoms with Crippen molar-refractivity contribution in [2.24, 2.45) is 0 Å². The Kier molecular flexibility index (Phi) is 4.74. The summed E-state index contributed by atoms with van der Waals surface area (Å²) in [7, 11) is 0. The van der Waals surface area contributed by atoms with Crippen LogP contribution in [0.1, 0.15) is 25.0 Å². The van der Waals surface area contributed by atoms with Gasteiger partial charge in [-0.2, -0.15) is 0 Å². The molecule has 3 rings (SSSR count). The van der Waals surface area contributed by atoms with Gasteiger partial charge in [0.25, 0.3) is 0 Å². The lowest BCUT2D eigenvalue weighted by molar-refractivity contribution is 0.0784. The highest BCUT2D eigenvalue weighted by Gasteiger charge is 2.16. The van der Waals surface area contributed by atoms with Gasteiger partial charge in [0.05, 0.1) is 17.7 Å². The summed E-state index contributed by atoms with van der Waals surface area (Å²) in [6.07, 6.45) is 2.50. The molecular formula is C20H20ClNO2. The van der Waals surface area contributed by atoms with E-state index in [4.69, 9.17) is 16.3 Å². The molecule has 3 aromatic rings. The number of hydrogen-bond donors (Lipinski definition) is 1. The number of rotatable bonds is 5. The molecule has 0 bridgehead atoms. The van der Waals surface area contributed by atoms with Crippen molar-refractivity contribution < 1.29 is 9.84 Å². The van der Waals surface area contributed by atoms with Crippen LogP contribution in [-0.4, -0.2) is 16.7 Å². The Bertz CT molecular complexity index is 856. The van der Waals surface area contributed by atoms with Crippen molar-refractivity contribution in [3.63, 3.8) is 0 Å². The molecule has 24 heavy (non-hydrogen) atoms. The van der Waals surface area contributed by atoms with Gasteiger partial charge >= 0.3 is 0 Å². The number of halogens is 1. The van der Waals surface area contributed by atoms with Gasteiger partial charge in [-0.25, -0.2) is 0 Å². The molecule has 0 aliphatic heterocycles. The van der Waals surface area contributed by atoms with Crippen molar-refractivity contribution in [3.8, 4) is 5.75 Å². The third kappa shape index (κ3) is 4.05. The molecule has 0 unspecified atom stereocenters. The van der Waals surface area contributed by atoms with Gasteiger partial charge in [0.2, 0.25) is 0 Å². The van der Waals surface area contributed by atoms with E-state index >= 15 is 0 Å². The first kappa shape index (κ1) is 16.7. The van der Waals surface area contributed by atoms with Crippen LogP contribution in [0.3, 0.4) is 0 Å².